The number of carbonyl (C=O) groups is 1. The van der Waals surface area contributed by atoms with Crippen molar-refractivity contribution in [1.82, 2.24) is 4.90 Å². The fraction of sp³-hybridized carbons (Fsp3) is 0.611. The zero-order chi connectivity index (χ0) is 15.0. The largest absolute Gasteiger partial charge is 0.480 e. The Hall–Kier alpha value is -1.35. The van der Waals surface area contributed by atoms with Crippen molar-refractivity contribution in [2.45, 2.75) is 64.6 Å². The number of hydrogen-bond donors (Lipinski definition) is 1. The molecule has 0 radical (unpaired) electrons. The van der Waals surface area contributed by atoms with E-state index >= 15 is 0 Å². The quantitative estimate of drug-likeness (QED) is 0.924. The molecule has 1 aromatic rings. The minimum absolute atomic E-state index is 0.293. The van der Waals surface area contributed by atoms with Crippen LogP contribution in [0.5, 0.6) is 0 Å². The predicted molar refractivity (Wildman–Crippen MR) is 83.2 cm³/mol. The van der Waals surface area contributed by atoms with Gasteiger partial charge in [-0.15, -0.1) is 0 Å². The van der Waals surface area contributed by atoms with Crippen molar-refractivity contribution < 1.29 is 9.90 Å². The molecular weight excluding hydrogens is 262 g/mol. The highest BCUT2D eigenvalue weighted by atomic mass is 16.4. The maximum atomic E-state index is 11.6. The van der Waals surface area contributed by atoms with Gasteiger partial charge in [0.1, 0.15) is 6.04 Å². The Labute approximate surface area is 127 Å². The van der Waals surface area contributed by atoms with Crippen LogP contribution in [0.3, 0.4) is 0 Å². The molecule has 1 aromatic carbocycles. The van der Waals surface area contributed by atoms with E-state index in [-0.39, 0.29) is 6.04 Å². The topological polar surface area (TPSA) is 40.5 Å². The highest BCUT2D eigenvalue weighted by Gasteiger charge is 2.44. The standard InChI is InChI=1S/C18H25NO2/c1-12-7-13(2)9-14(8-12)11-19-16-6-4-3-5-15(16)10-17(19)18(20)21/h7-9,15-17H,3-6,10-11H2,1-2H3,(H,20,21). The molecule has 0 amide bonds. The average Bonchev–Trinajstić information content (AvgIpc) is 2.77. The Balaban J connectivity index is 1.84. The van der Waals surface area contributed by atoms with E-state index < -0.39 is 5.97 Å². The Bertz CT molecular complexity index is 520. The minimum atomic E-state index is -0.645. The number of rotatable bonds is 3. The van der Waals surface area contributed by atoms with Gasteiger partial charge in [-0.05, 0) is 44.6 Å². The third-order valence-corrected chi connectivity index (χ3v) is 5.15. The van der Waals surface area contributed by atoms with Gasteiger partial charge in [0.15, 0.2) is 0 Å². The molecule has 1 aliphatic carbocycles. The number of fused-ring (bicyclic) bond motifs is 1. The van der Waals surface area contributed by atoms with Gasteiger partial charge in [-0.3, -0.25) is 9.69 Å². The molecule has 3 heteroatoms. The van der Waals surface area contributed by atoms with Crippen molar-refractivity contribution in [2.24, 2.45) is 5.92 Å². The molecule has 0 spiro atoms. The molecule has 1 saturated heterocycles. The van der Waals surface area contributed by atoms with Crippen LogP contribution in [0.4, 0.5) is 0 Å². The van der Waals surface area contributed by atoms with Gasteiger partial charge in [0.2, 0.25) is 0 Å². The highest BCUT2D eigenvalue weighted by molar-refractivity contribution is 5.74. The van der Waals surface area contributed by atoms with Gasteiger partial charge in [-0.1, -0.05) is 42.2 Å². The molecule has 1 aliphatic heterocycles. The maximum absolute atomic E-state index is 11.6. The number of hydrogen-bond acceptors (Lipinski definition) is 2. The lowest BCUT2D eigenvalue weighted by atomic mass is 9.84. The lowest BCUT2D eigenvalue weighted by Gasteiger charge is -2.33. The number of benzene rings is 1. The van der Waals surface area contributed by atoms with Crippen molar-refractivity contribution in [3.8, 4) is 0 Å². The summed E-state index contributed by atoms with van der Waals surface area (Å²) in [7, 11) is 0. The Morgan fingerprint density at radius 3 is 2.52 bits per heavy atom. The third-order valence-electron chi connectivity index (χ3n) is 5.15. The van der Waals surface area contributed by atoms with E-state index in [9.17, 15) is 9.90 Å². The summed E-state index contributed by atoms with van der Waals surface area (Å²) in [6.07, 6.45) is 5.73. The first-order valence-electron chi connectivity index (χ1n) is 8.10. The maximum Gasteiger partial charge on any atom is 0.320 e. The molecular formula is C18H25NO2. The fourth-order valence-electron chi connectivity index (χ4n) is 4.39. The van der Waals surface area contributed by atoms with E-state index in [0.717, 1.165) is 13.0 Å². The van der Waals surface area contributed by atoms with Gasteiger partial charge in [0, 0.05) is 12.6 Å². The second kappa shape index (κ2) is 5.80. The van der Waals surface area contributed by atoms with Crippen LogP contribution in [0.15, 0.2) is 18.2 Å². The van der Waals surface area contributed by atoms with Crippen molar-refractivity contribution in [1.29, 1.82) is 0 Å². The summed E-state index contributed by atoms with van der Waals surface area (Å²) in [6.45, 7) is 5.00. The molecule has 3 rings (SSSR count). The molecule has 3 nitrogen and oxygen atoms in total. The fourth-order valence-corrected chi connectivity index (χ4v) is 4.39. The summed E-state index contributed by atoms with van der Waals surface area (Å²) < 4.78 is 0. The zero-order valence-corrected chi connectivity index (χ0v) is 13.0. The second-order valence-electron chi connectivity index (χ2n) is 6.87. The first-order chi connectivity index (χ1) is 10.0. The van der Waals surface area contributed by atoms with E-state index in [2.05, 4.69) is 36.9 Å². The van der Waals surface area contributed by atoms with Gasteiger partial charge < -0.3 is 5.11 Å². The molecule has 114 valence electrons. The normalized spacial score (nSPS) is 29.3. The number of carboxylic acid groups (broad SMARTS) is 1. The van der Waals surface area contributed by atoms with E-state index in [1.165, 1.54) is 42.4 Å². The predicted octanol–water partition coefficient (Wildman–Crippen LogP) is 3.52. The van der Waals surface area contributed by atoms with Gasteiger partial charge in [0.25, 0.3) is 0 Å². The summed E-state index contributed by atoms with van der Waals surface area (Å²) in [4.78, 5) is 13.9. The minimum Gasteiger partial charge on any atom is -0.480 e. The number of likely N-dealkylation sites (tertiary alicyclic amines) is 1. The number of aliphatic carboxylic acids is 1. The van der Waals surface area contributed by atoms with Crippen LogP contribution >= 0.6 is 0 Å². The first kappa shape index (κ1) is 14.6. The molecule has 2 fully saturated rings. The SMILES string of the molecule is Cc1cc(C)cc(CN2C(C(=O)O)CC3CCCCC32)c1. The van der Waals surface area contributed by atoms with Gasteiger partial charge >= 0.3 is 5.97 Å². The van der Waals surface area contributed by atoms with Crippen molar-refractivity contribution in [2.75, 3.05) is 0 Å². The molecule has 21 heavy (non-hydrogen) atoms. The summed E-state index contributed by atoms with van der Waals surface area (Å²) in [6, 6.07) is 6.75. The van der Waals surface area contributed by atoms with Crippen molar-refractivity contribution in [3.05, 3.63) is 34.9 Å². The molecule has 1 N–H and O–H groups in total. The summed E-state index contributed by atoms with van der Waals surface area (Å²) in [5.41, 5.74) is 3.78. The average molecular weight is 287 g/mol. The number of carboxylic acids is 1. The smallest absolute Gasteiger partial charge is 0.320 e. The lowest BCUT2D eigenvalue weighted by Crippen LogP contribution is -2.41. The van der Waals surface area contributed by atoms with Crippen LogP contribution < -0.4 is 0 Å². The van der Waals surface area contributed by atoms with E-state index in [0.29, 0.717) is 12.0 Å². The lowest BCUT2D eigenvalue weighted by molar-refractivity contribution is -0.142. The van der Waals surface area contributed by atoms with Crippen LogP contribution in [-0.4, -0.2) is 28.1 Å². The summed E-state index contributed by atoms with van der Waals surface area (Å²) >= 11 is 0. The Morgan fingerprint density at radius 2 is 1.86 bits per heavy atom. The Morgan fingerprint density at radius 1 is 1.19 bits per heavy atom. The highest BCUT2D eigenvalue weighted by Crippen LogP contribution is 2.40. The summed E-state index contributed by atoms with van der Waals surface area (Å²) in [5, 5.41) is 9.58. The zero-order valence-electron chi connectivity index (χ0n) is 13.0. The first-order valence-corrected chi connectivity index (χ1v) is 8.10. The van der Waals surface area contributed by atoms with Gasteiger partial charge in [-0.2, -0.15) is 0 Å². The van der Waals surface area contributed by atoms with Gasteiger partial charge in [-0.25, -0.2) is 0 Å². The number of aryl methyl sites for hydroxylation is 2. The van der Waals surface area contributed by atoms with Crippen LogP contribution in [-0.2, 0) is 11.3 Å². The molecule has 1 heterocycles. The molecule has 3 atom stereocenters. The van der Waals surface area contributed by atoms with Crippen LogP contribution in [0.1, 0.15) is 48.8 Å². The number of nitrogens with zero attached hydrogens (tertiary/aromatic N) is 1. The van der Waals surface area contributed by atoms with E-state index in [1.54, 1.807) is 0 Å². The summed E-state index contributed by atoms with van der Waals surface area (Å²) in [5.74, 6) is -0.0560. The van der Waals surface area contributed by atoms with Gasteiger partial charge in [0.05, 0.1) is 0 Å². The van der Waals surface area contributed by atoms with Crippen molar-refractivity contribution in [3.63, 3.8) is 0 Å². The van der Waals surface area contributed by atoms with Crippen LogP contribution in [0.2, 0.25) is 0 Å². The molecule has 3 unspecified atom stereocenters. The Kier molecular flexibility index (Phi) is 4.03. The third kappa shape index (κ3) is 2.98. The monoisotopic (exact) mass is 287 g/mol. The van der Waals surface area contributed by atoms with E-state index in [4.69, 9.17) is 0 Å². The van der Waals surface area contributed by atoms with Crippen LogP contribution in [0.25, 0.3) is 0 Å². The molecule has 0 aromatic heterocycles. The molecule has 0 bridgehead atoms. The van der Waals surface area contributed by atoms with E-state index in [1.807, 2.05) is 0 Å². The van der Waals surface area contributed by atoms with Crippen LogP contribution in [0, 0.1) is 19.8 Å². The molecule has 1 saturated carbocycles. The van der Waals surface area contributed by atoms with Crippen molar-refractivity contribution >= 4 is 5.97 Å². The second-order valence-corrected chi connectivity index (χ2v) is 6.87. The molecule has 2 aliphatic rings.